The summed E-state index contributed by atoms with van der Waals surface area (Å²) in [6.07, 6.45) is 11.3. The number of rotatable bonds is 3. The number of imidazole rings is 1. The van der Waals surface area contributed by atoms with Crippen LogP contribution in [0, 0.1) is 5.92 Å². The SMILES string of the molecule is c1nc2c(n1CCC1CCNCC1)CCCC2. The van der Waals surface area contributed by atoms with Crippen LogP contribution in [-0.4, -0.2) is 22.6 Å². The van der Waals surface area contributed by atoms with Crippen molar-refractivity contribution in [3.05, 3.63) is 17.7 Å². The summed E-state index contributed by atoms with van der Waals surface area (Å²) in [5.41, 5.74) is 2.91. The zero-order chi connectivity index (χ0) is 11.5. The van der Waals surface area contributed by atoms with Crippen LogP contribution < -0.4 is 5.32 Å². The molecule has 0 atom stereocenters. The topological polar surface area (TPSA) is 29.9 Å². The summed E-state index contributed by atoms with van der Waals surface area (Å²) in [6.45, 7) is 3.62. The molecule has 0 bridgehead atoms. The molecular weight excluding hydrogens is 210 g/mol. The summed E-state index contributed by atoms with van der Waals surface area (Å²) in [7, 11) is 0. The number of aryl methyl sites for hydroxylation is 2. The zero-order valence-corrected chi connectivity index (χ0v) is 10.6. The minimum atomic E-state index is 0.929. The molecule has 3 heteroatoms. The van der Waals surface area contributed by atoms with E-state index in [0.717, 1.165) is 5.92 Å². The molecule has 0 aromatic carbocycles. The van der Waals surface area contributed by atoms with E-state index >= 15 is 0 Å². The van der Waals surface area contributed by atoms with Crippen molar-refractivity contribution in [2.75, 3.05) is 13.1 Å². The molecule has 2 aliphatic rings. The van der Waals surface area contributed by atoms with Gasteiger partial charge in [0.15, 0.2) is 0 Å². The third-order valence-electron chi connectivity index (χ3n) is 4.35. The molecule has 94 valence electrons. The standard InChI is InChI=1S/C14H23N3/c1-2-4-14-13(3-1)16-11-17(14)10-7-12-5-8-15-9-6-12/h11-12,15H,1-10H2. The zero-order valence-electron chi connectivity index (χ0n) is 10.6. The van der Waals surface area contributed by atoms with Crippen molar-refractivity contribution in [1.82, 2.24) is 14.9 Å². The van der Waals surface area contributed by atoms with Gasteiger partial charge in [-0.1, -0.05) is 0 Å². The fraction of sp³-hybridized carbons (Fsp3) is 0.786. The summed E-state index contributed by atoms with van der Waals surface area (Å²) in [4.78, 5) is 4.57. The molecule has 1 N–H and O–H groups in total. The maximum atomic E-state index is 4.57. The number of piperidine rings is 1. The molecule has 1 aromatic rings. The number of hydrogen-bond acceptors (Lipinski definition) is 2. The van der Waals surface area contributed by atoms with Gasteiger partial charge in [-0.2, -0.15) is 0 Å². The summed E-state index contributed by atoms with van der Waals surface area (Å²) < 4.78 is 2.43. The average Bonchev–Trinajstić information content (AvgIpc) is 2.81. The van der Waals surface area contributed by atoms with E-state index in [4.69, 9.17) is 0 Å². The molecule has 0 amide bonds. The second-order valence-electron chi connectivity index (χ2n) is 5.52. The Balaban J connectivity index is 1.59. The van der Waals surface area contributed by atoms with Gasteiger partial charge in [0.1, 0.15) is 0 Å². The molecule has 0 spiro atoms. The molecule has 0 saturated carbocycles. The van der Waals surface area contributed by atoms with E-state index in [-0.39, 0.29) is 0 Å². The van der Waals surface area contributed by atoms with Gasteiger partial charge >= 0.3 is 0 Å². The Morgan fingerprint density at radius 1 is 1.24 bits per heavy atom. The first-order valence-electron chi connectivity index (χ1n) is 7.17. The van der Waals surface area contributed by atoms with E-state index in [1.165, 1.54) is 76.0 Å². The molecule has 1 fully saturated rings. The van der Waals surface area contributed by atoms with Crippen LogP contribution in [0.15, 0.2) is 6.33 Å². The van der Waals surface area contributed by atoms with E-state index in [1.807, 2.05) is 0 Å². The maximum Gasteiger partial charge on any atom is 0.0951 e. The molecule has 0 unspecified atom stereocenters. The molecule has 1 aliphatic heterocycles. The van der Waals surface area contributed by atoms with Crippen LogP contribution >= 0.6 is 0 Å². The second kappa shape index (κ2) is 5.21. The first kappa shape index (κ1) is 11.3. The quantitative estimate of drug-likeness (QED) is 0.867. The lowest BCUT2D eigenvalue weighted by Gasteiger charge is -2.23. The van der Waals surface area contributed by atoms with Crippen LogP contribution in [0.1, 0.15) is 43.5 Å². The summed E-state index contributed by atoms with van der Waals surface area (Å²) in [5.74, 6) is 0.929. The summed E-state index contributed by atoms with van der Waals surface area (Å²) in [5, 5.41) is 3.44. The number of hydrogen-bond donors (Lipinski definition) is 1. The van der Waals surface area contributed by atoms with Crippen LogP contribution in [0.3, 0.4) is 0 Å². The van der Waals surface area contributed by atoms with Gasteiger partial charge in [-0.15, -0.1) is 0 Å². The van der Waals surface area contributed by atoms with E-state index in [0.29, 0.717) is 0 Å². The van der Waals surface area contributed by atoms with E-state index in [2.05, 4.69) is 21.2 Å². The second-order valence-corrected chi connectivity index (χ2v) is 5.52. The minimum absolute atomic E-state index is 0.929. The highest BCUT2D eigenvalue weighted by Gasteiger charge is 2.17. The molecule has 0 radical (unpaired) electrons. The third-order valence-corrected chi connectivity index (χ3v) is 4.35. The van der Waals surface area contributed by atoms with Gasteiger partial charge < -0.3 is 9.88 Å². The van der Waals surface area contributed by atoms with E-state index in [1.54, 1.807) is 0 Å². The molecule has 3 rings (SSSR count). The Bertz CT molecular complexity index is 364. The summed E-state index contributed by atoms with van der Waals surface area (Å²) in [6, 6.07) is 0. The van der Waals surface area contributed by atoms with E-state index in [9.17, 15) is 0 Å². The molecule has 1 saturated heterocycles. The molecule has 2 heterocycles. The largest absolute Gasteiger partial charge is 0.334 e. The molecular formula is C14H23N3. The number of aromatic nitrogens is 2. The van der Waals surface area contributed by atoms with Crippen molar-refractivity contribution in [1.29, 1.82) is 0 Å². The van der Waals surface area contributed by atoms with Gasteiger partial charge in [0.25, 0.3) is 0 Å². The van der Waals surface area contributed by atoms with Crippen LogP contribution in [0.2, 0.25) is 0 Å². The fourth-order valence-corrected chi connectivity index (χ4v) is 3.22. The maximum absolute atomic E-state index is 4.57. The van der Waals surface area contributed by atoms with Crippen molar-refractivity contribution >= 4 is 0 Å². The number of nitrogens with one attached hydrogen (secondary N) is 1. The van der Waals surface area contributed by atoms with Crippen molar-refractivity contribution < 1.29 is 0 Å². The first-order chi connectivity index (χ1) is 8.43. The number of fused-ring (bicyclic) bond motifs is 1. The van der Waals surface area contributed by atoms with Crippen LogP contribution in [0.4, 0.5) is 0 Å². The predicted octanol–water partition coefficient (Wildman–Crippen LogP) is 2.15. The highest BCUT2D eigenvalue weighted by molar-refractivity contribution is 5.16. The third kappa shape index (κ3) is 2.54. The Kier molecular flexibility index (Phi) is 3.46. The molecule has 3 nitrogen and oxygen atoms in total. The van der Waals surface area contributed by atoms with Crippen LogP contribution in [0.25, 0.3) is 0 Å². The first-order valence-corrected chi connectivity index (χ1v) is 7.17. The highest BCUT2D eigenvalue weighted by Crippen LogP contribution is 2.22. The summed E-state index contributed by atoms with van der Waals surface area (Å²) >= 11 is 0. The van der Waals surface area contributed by atoms with Crippen LogP contribution in [0.5, 0.6) is 0 Å². The smallest absolute Gasteiger partial charge is 0.0951 e. The molecule has 1 aromatic heterocycles. The normalized spacial score (nSPS) is 21.4. The van der Waals surface area contributed by atoms with Gasteiger partial charge in [-0.25, -0.2) is 4.98 Å². The molecule has 17 heavy (non-hydrogen) atoms. The lowest BCUT2D eigenvalue weighted by Crippen LogP contribution is -2.28. The van der Waals surface area contributed by atoms with Crippen molar-refractivity contribution in [2.45, 2.75) is 51.5 Å². The highest BCUT2D eigenvalue weighted by atomic mass is 15.1. The van der Waals surface area contributed by atoms with Gasteiger partial charge in [0.2, 0.25) is 0 Å². The van der Waals surface area contributed by atoms with Crippen LogP contribution in [-0.2, 0) is 19.4 Å². The Hall–Kier alpha value is -0.830. The average molecular weight is 233 g/mol. The monoisotopic (exact) mass is 233 g/mol. The molecule has 1 aliphatic carbocycles. The Morgan fingerprint density at radius 2 is 2.06 bits per heavy atom. The van der Waals surface area contributed by atoms with Crippen molar-refractivity contribution in [3.8, 4) is 0 Å². The number of nitrogens with zero attached hydrogens (tertiary/aromatic N) is 2. The van der Waals surface area contributed by atoms with Gasteiger partial charge in [-0.05, 0) is 64.0 Å². The Morgan fingerprint density at radius 3 is 2.94 bits per heavy atom. The predicted molar refractivity (Wildman–Crippen MR) is 69.1 cm³/mol. The van der Waals surface area contributed by atoms with Crippen molar-refractivity contribution in [3.63, 3.8) is 0 Å². The Labute approximate surface area is 104 Å². The lowest BCUT2D eigenvalue weighted by atomic mass is 9.94. The van der Waals surface area contributed by atoms with E-state index < -0.39 is 0 Å². The minimum Gasteiger partial charge on any atom is -0.334 e. The van der Waals surface area contributed by atoms with Gasteiger partial charge in [0.05, 0.1) is 12.0 Å². The van der Waals surface area contributed by atoms with Gasteiger partial charge in [0, 0.05) is 12.2 Å². The lowest BCUT2D eigenvalue weighted by molar-refractivity contribution is 0.336. The fourth-order valence-electron chi connectivity index (χ4n) is 3.22. The van der Waals surface area contributed by atoms with Crippen molar-refractivity contribution in [2.24, 2.45) is 5.92 Å². The van der Waals surface area contributed by atoms with Gasteiger partial charge in [-0.3, -0.25) is 0 Å².